The summed E-state index contributed by atoms with van der Waals surface area (Å²) in [5.74, 6) is 2.06. The average Bonchev–Trinajstić information content (AvgIpc) is 2.73. The summed E-state index contributed by atoms with van der Waals surface area (Å²) in [5, 5.41) is 4.14. The van der Waals surface area contributed by atoms with Crippen LogP contribution in [0, 0.1) is 5.92 Å². The van der Waals surface area contributed by atoms with Gasteiger partial charge < -0.3 is 14.5 Å². The van der Waals surface area contributed by atoms with E-state index in [2.05, 4.69) is 23.4 Å². The number of carbonyl (C=O) groups is 1. The normalized spacial score (nSPS) is 14.9. The van der Waals surface area contributed by atoms with Crippen molar-refractivity contribution in [3.63, 3.8) is 0 Å². The lowest BCUT2D eigenvalue weighted by atomic mass is 10.0. The number of anilines is 1. The highest BCUT2D eigenvalue weighted by molar-refractivity contribution is 7.98. The van der Waals surface area contributed by atoms with E-state index in [0.717, 1.165) is 48.1 Å². The van der Waals surface area contributed by atoms with Gasteiger partial charge in [-0.05, 0) is 48.7 Å². The lowest BCUT2D eigenvalue weighted by molar-refractivity contribution is -0.116. The maximum atomic E-state index is 11.4. The van der Waals surface area contributed by atoms with E-state index in [1.807, 2.05) is 36.5 Å². The fourth-order valence-electron chi connectivity index (χ4n) is 2.83. The molecule has 0 saturated carbocycles. The number of benzene rings is 2. The van der Waals surface area contributed by atoms with Gasteiger partial charge in [-0.1, -0.05) is 23.4 Å². The first kappa shape index (κ1) is 20.4. The number of hydrogen-bond donors (Lipinski definition) is 0. The molecule has 1 saturated heterocycles. The van der Waals surface area contributed by atoms with Crippen LogP contribution in [-0.4, -0.2) is 32.4 Å². The highest BCUT2D eigenvalue weighted by Crippen LogP contribution is 2.27. The number of ether oxygens (including phenoxy) is 1. The molecular weight excluding hydrogens is 372 g/mol. The van der Waals surface area contributed by atoms with Crippen LogP contribution in [0.3, 0.4) is 0 Å². The molecule has 0 atom stereocenters. The van der Waals surface area contributed by atoms with E-state index < -0.39 is 0 Å². The van der Waals surface area contributed by atoms with Gasteiger partial charge in [0.2, 0.25) is 5.91 Å². The Labute approximate surface area is 170 Å². The third-order valence-electron chi connectivity index (χ3n) is 4.70. The molecule has 0 spiro atoms. The summed E-state index contributed by atoms with van der Waals surface area (Å²) >= 11 is 1.74. The van der Waals surface area contributed by atoms with E-state index in [0.29, 0.717) is 5.92 Å². The van der Waals surface area contributed by atoms with Crippen LogP contribution in [0.4, 0.5) is 5.69 Å². The number of oxime groups is 1. The van der Waals surface area contributed by atoms with Crippen molar-refractivity contribution in [1.82, 2.24) is 0 Å². The van der Waals surface area contributed by atoms with E-state index in [1.54, 1.807) is 30.6 Å². The minimum atomic E-state index is 0.0263. The van der Waals surface area contributed by atoms with Gasteiger partial charge in [-0.2, -0.15) is 0 Å². The maximum Gasteiger partial charge on any atom is 0.223 e. The highest BCUT2D eigenvalue weighted by atomic mass is 32.2. The molecule has 1 amide bonds. The first-order valence-electron chi connectivity index (χ1n) is 9.46. The molecule has 1 fully saturated rings. The number of thioether (sulfide) groups is 1. The second-order valence-electron chi connectivity index (χ2n) is 6.80. The summed E-state index contributed by atoms with van der Waals surface area (Å²) in [6.45, 7) is 3.16. The summed E-state index contributed by atoms with van der Waals surface area (Å²) in [5.41, 5.74) is 2.11. The average molecular weight is 399 g/mol. The van der Waals surface area contributed by atoms with Crippen molar-refractivity contribution in [2.75, 3.05) is 25.2 Å². The predicted octanol–water partition coefficient (Wildman–Crippen LogP) is 4.75. The van der Waals surface area contributed by atoms with Crippen LogP contribution in [0.25, 0.3) is 0 Å². The van der Waals surface area contributed by atoms with Crippen molar-refractivity contribution in [2.24, 2.45) is 11.1 Å². The Hall–Kier alpha value is -2.31. The fourth-order valence-corrected chi connectivity index (χ4v) is 3.73. The largest absolute Gasteiger partial charge is 0.381 e. The Balaban J connectivity index is 1.51. The van der Waals surface area contributed by atoms with Crippen LogP contribution in [0.15, 0.2) is 58.6 Å². The van der Waals surface area contributed by atoms with E-state index >= 15 is 0 Å². The molecule has 1 heterocycles. The third kappa shape index (κ3) is 6.11. The molecule has 3 rings (SSSR count). The lowest BCUT2D eigenvalue weighted by Gasteiger charge is -2.17. The van der Waals surface area contributed by atoms with Crippen LogP contribution < -0.4 is 9.74 Å². The molecule has 0 aromatic heterocycles. The maximum absolute atomic E-state index is 11.4. The van der Waals surface area contributed by atoms with Crippen molar-refractivity contribution < 1.29 is 14.4 Å². The zero-order chi connectivity index (χ0) is 19.8. The van der Waals surface area contributed by atoms with Gasteiger partial charge >= 0.3 is 0 Å². The van der Waals surface area contributed by atoms with Crippen molar-refractivity contribution in [3.8, 4) is 5.75 Å². The Morgan fingerprint density at radius 3 is 2.71 bits per heavy atom. The predicted molar refractivity (Wildman–Crippen MR) is 114 cm³/mol. The summed E-state index contributed by atoms with van der Waals surface area (Å²) in [6, 6.07) is 16.0. The van der Waals surface area contributed by atoms with Crippen molar-refractivity contribution in [3.05, 3.63) is 54.1 Å². The van der Waals surface area contributed by atoms with Crippen LogP contribution in [0.5, 0.6) is 5.75 Å². The van der Waals surface area contributed by atoms with Gasteiger partial charge in [0, 0.05) is 55.7 Å². The summed E-state index contributed by atoms with van der Waals surface area (Å²) in [4.78, 5) is 19.7. The fraction of sp³-hybridized carbons (Fsp3) is 0.364. The topological polar surface area (TPSA) is 51.1 Å². The van der Waals surface area contributed by atoms with E-state index in [1.165, 1.54) is 5.56 Å². The second kappa shape index (κ2) is 10.3. The number of hydrogen-bond acceptors (Lipinski definition) is 5. The van der Waals surface area contributed by atoms with Gasteiger partial charge in [-0.25, -0.2) is 0 Å². The van der Waals surface area contributed by atoms with Gasteiger partial charge in [0.15, 0.2) is 5.75 Å². The zero-order valence-electron chi connectivity index (χ0n) is 16.3. The zero-order valence-corrected chi connectivity index (χ0v) is 17.2. The molecule has 1 aliphatic heterocycles. The minimum absolute atomic E-state index is 0.0263. The van der Waals surface area contributed by atoms with E-state index in [-0.39, 0.29) is 5.91 Å². The van der Waals surface area contributed by atoms with Gasteiger partial charge in [0.25, 0.3) is 0 Å². The Kier molecular flexibility index (Phi) is 7.51. The van der Waals surface area contributed by atoms with Gasteiger partial charge in [0.05, 0.1) is 0 Å². The Bertz CT molecular complexity index is 802. The monoisotopic (exact) mass is 398 g/mol. The Morgan fingerprint density at radius 1 is 1.25 bits per heavy atom. The highest BCUT2D eigenvalue weighted by Gasteiger charge is 2.11. The van der Waals surface area contributed by atoms with Crippen molar-refractivity contribution in [2.45, 2.75) is 30.4 Å². The molecule has 0 bridgehead atoms. The molecule has 2 aromatic carbocycles. The Morgan fingerprint density at radius 2 is 2.00 bits per heavy atom. The lowest BCUT2D eigenvalue weighted by Crippen LogP contribution is -2.22. The molecule has 5 nitrogen and oxygen atoms in total. The minimum Gasteiger partial charge on any atom is -0.381 e. The molecule has 1 aliphatic rings. The summed E-state index contributed by atoms with van der Waals surface area (Å²) in [6.07, 6.45) is 3.90. The molecule has 2 aromatic rings. The van der Waals surface area contributed by atoms with Crippen LogP contribution in [0.2, 0.25) is 0 Å². The third-order valence-corrected chi connectivity index (χ3v) is 5.77. The quantitative estimate of drug-likeness (QED) is 0.384. The SMILES string of the molecule is CC(=O)N(C)c1ccc(CSc2cccc(ON=CC3CCOCC3)c2)cc1. The van der Waals surface area contributed by atoms with Gasteiger partial charge in [-0.15, -0.1) is 11.8 Å². The standard InChI is InChI=1S/C22H26N2O3S/c1-17(25)24(2)20-8-6-19(7-9-20)16-28-22-5-3-4-21(14-22)27-23-15-18-10-12-26-13-11-18/h3-9,14-15,18H,10-13,16H2,1-2H3. The van der Waals surface area contributed by atoms with Crippen LogP contribution in [0.1, 0.15) is 25.3 Å². The molecule has 148 valence electrons. The van der Waals surface area contributed by atoms with E-state index in [4.69, 9.17) is 9.57 Å². The first-order chi connectivity index (χ1) is 13.6. The summed E-state index contributed by atoms with van der Waals surface area (Å²) in [7, 11) is 1.78. The summed E-state index contributed by atoms with van der Waals surface area (Å²) < 4.78 is 5.35. The van der Waals surface area contributed by atoms with Gasteiger partial charge in [-0.3, -0.25) is 4.79 Å². The smallest absolute Gasteiger partial charge is 0.223 e. The molecular formula is C22H26N2O3S. The molecule has 0 aliphatic carbocycles. The number of carbonyl (C=O) groups excluding carboxylic acids is 1. The molecule has 0 radical (unpaired) electrons. The van der Waals surface area contributed by atoms with Crippen molar-refractivity contribution in [1.29, 1.82) is 0 Å². The second-order valence-corrected chi connectivity index (χ2v) is 7.85. The molecule has 0 unspecified atom stereocenters. The van der Waals surface area contributed by atoms with E-state index in [9.17, 15) is 4.79 Å². The molecule has 0 N–H and O–H groups in total. The number of rotatable bonds is 7. The first-order valence-corrected chi connectivity index (χ1v) is 10.4. The number of nitrogens with zero attached hydrogens (tertiary/aromatic N) is 2. The van der Waals surface area contributed by atoms with Gasteiger partial charge in [0.1, 0.15) is 0 Å². The molecule has 6 heteroatoms. The van der Waals surface area contributed by atoms with Crippen molar-refractivity contribution >= 4 is 29.6 Å². The van der Waals surface area contributed by atoms with Crippen LogP contribution in [-0.2, 0) is 15.3 Å². The number of amides is 1. The van der Waals surface area contributed by atoms with Crippen LogP contribution >= 0.6 is 11.8 Å². The molecule has 28 heavy (non-hydrogen) atoms.